The second-order valence-corrected chi connectivity index (χ2v) is 9.39. The van der Waals surface area contributed by atoms with E-state index >= 15 is 0 Å². The monoisotopic (exact) mass is 588 g/mol. The smallest absolute Gasteiger partial charge is 0.325 e. The van der Waals surface area contributed by atoms with Crippen molar-refractivity contribution in [3.8, 4) is 17.1 Å². The van der Waals surface area contributed by atoms with Crippen molar-refractivity contribution in [1.29, 1.82) is 0 Å². The number of hydrogen-bond donors (Lipinski definition) is 4. The predicted octanol–water partition coefficient (Wildman–Crippen LogP) is 2.87. The molecule has 0 radical (unpaired) electrons. The summed E-state index contributed by atoms with van der Waals surface area (Å²) in [5.74, 6) is -2.14. The fraction of sp³-hybridized carbons (Fsp3) is 0.483. The molecule has 0 bridgehead atoms. The maximum absolute atomic E-state index is 12.9. The number of rotatable bonds is 18. The Labute approximate surface area is 244 Å². The number of nitrogens with zero attached hydrogens (tertiary/aromatic N) is 1. The lowest BCUT2D eigenvalue weighted by molar-refractivity contribution is -0.168. The van der Waals surface area contributed by atoms with Gasteiger partial charge in [-0.3, -0.25) is 29.2 Å². The highest BCUT2D eigenvalue weighted by atomic mass is 16.5. The third-order valence-corrected chi connectivity index (χ3v) is 6.51. The topological polar surface area (TPSA) is 177 Å². The summed E-state index contributed by atoms with van der Waals surface area (Å²) in [5, 5.41) is 18.2. The summed E-state index contributed by atoms with van der Waals surface area (Å²) < 4.78 is 15.8. The van der Waals surface area contributed by atoms with Crippen molar-refractivity contribution in [3.05, 3.63) is 41.7 Å². The van der Waals surface area contributed by atoms with Gasteiger partial charge < -0.3 is 29.8 Å². The van der Waals surface area contributed by atoms with Crippen LogP contribution in [0.2, 0.25) is 0 Å². The van der Waals surface area contributed by atoms with Crippen LogP contribution >= 0.6 is 0 Å². The molecule has 13 nitrogen and oxygen atoms in total. The Balaban J connectivity index is 2.10. The number of amides is 4. The number of carbonyl (C=O) groups is 5. The third kappa shape index (κ3) is 9.91. The highest BCUT2D eigenvalue weighted by molar-refractivity contribution is 5.97. The molecule has 0 spiro atoms. The van der Waals surface area contributed by atoms with E-state index in [0.717, 1.165) is 19.3 Å². The van der Waals surface area contributed by atoms with Crippen molar-refractivity contribution in [1.82, 2.24) is 21.0 Å². The van der Waals surface area contributed by atoms with Crippen LogP contribution in [0.25, 0.3) is 11.3 Å². The summed E-state index contributed by atoms with van der Waals surface area (Å²) in [6, 6.07) is 7.01. The minimum atomic E-state index is -0.692. The second-order valence-electron chi connectivity index (χ2n) is 9.39. The Morgan fingerprint density at radius 1 is 1.02 bits per heavy atom. The van der Waals surface area contributed by atoms with Crippen molar-refractivity contribution in [3.63, 3.8) is 0 Å². The van der Waals surface area contributed by atoms with Crippen molar-refractivity contribution >= 4 is 30.1 Å². The van der Waals surface area contributed by atoms with Crippen LogP contribution in [0.15, 0.2) is 34.7 Å². The molecule has 0 fully saturated rings. The molecule has 230 valence electrons. The van der Waals surface area contributed by atoms with Gasteiger partial charge in [0.05, 0.1) is 32.3 Å². The maximum atomic E-state index is 12.9. The Morgan fingerprint density at radius 2 is 1.79 bits per heavy atom. The molecule has 42 heavy (non-hydrogen) atoms. The number of furan rings is 1. The van der Waals surface area contributed by atoms with Gasteiger partial charge in [-0.25, -0.2) is 5.06 Å². The van der Waals surface area contributed by atoms with Crippen LogP contribution in [0.5, 0.6) is 5.75 Å². The number of hydroxylamine groups is 2. The molecular weight excluding hydrogens is 548 g/mol. The molecule has 13 heteroatoms. The van der Waals surface area contributed by atoms with Gasteiger partial charge >= 0.3 is 5.97 Å². The van der Waals surface area contributed by atoms with E-state index in [0.29, 0.717) is 35.8 Å². The molecule has 0 aliphatic rings. The third-order valence-electron chi connectivity index (χ3n) is 6.51. The zero-order chi connectivity index (χ0) is 31.1. The SMILES string of the molecule is CCCCC[C@@H](C(=O)NCNC(=O)c1ccc(-c2cc(OCC)cc(C(=O)NCC(=O)OC)c2)o1)[C@@H](CC)N(O)C=O. The fourth-order valence-electron chi connectivity index (χ4n) is 4.34. The molecule has 0 aliphatic carbocycles. The van der Waals surface area contributed by atoms with Crippen LogP contribution in [0, 0.1) is 5.92 Å². The van der Waals surface area contributed by atoms with Gasteiger partial charge in [-0.15, -0.1) is 0 Å². The molecule has 2 rings (SSSR count). The molecule has 1 heterocycles. The standard InChI is InChI=1S/C29H40N4O9/c1-5-8-9-10-22(23(6-2)33(39)18-34)28(37)31-17-32-29(38)25-12-11-24(42-25)19-13-20(15-21(14-19)41-7-3)27(36)30-16-26(35)40-4/h11-15,18,22-23,39H,5-10,16-17H2,1-4H3,(H,30,36)(H,31,37)(H,32,38)/t22-,23-/m1/s1. The molecular formula is C29H40N4O9. The van der Waals surface area contributed by atoms with Crippen LogP contribution in [-0.4, -0.2) is 73.3 Å². The molecule has 4 N–H and O–H groups in total. The molecule has 2 atom stereocenters. The maximum Gasteiger partial charge on any atom is 0.325 e. The summed E-state index contributed by atoms with van der Waals surface area (Å²) in [6.07, 6.45) is 3.73. The Kier molecular flexibility index (Phi) is 14.0. The van der Waals surface area contributed by atoms with Crippen LogP contribution in [-0.2, 0) is 19.1 Å². The lowest BCUT2D eigenvalue weighted by Gasteiger charge is -2.29. The molecule has 0 aliphatic heterocycles. The van der Waals surface area contributed by atoms with Gasteiger partial charge in [-0.2, -0.15) is 0 Å². The Hall–Kier alpha value is -4.39. The van der Waals surface area contributed by atoms with Gasteiger partial charge in [0.2, 0.25) is 12.3 Å². The predicted molar refractivity (Wildman–Crippen MR) is 152 cm³/mol. The van der Waals surface area contributed by atoms with Crippen LogP contribution in [0.3, 0.4) is 0 Å². The largest absolute Gasteiger partial charge is 0.494 e. The molecule has 4 amide bonds. The first kappa shape index (κ1) is 33.8. The first-order valence-electron chi connectivity index (χ1n) is 13.9. The van der Waals surface area contributed by atoms with Crippen LogP contribution < -0.4 is 20.7 Å². The van der Waals surface area contributed by atoms with E-state index in [1.165, 1.54) is 25.3 Å². The summed E-state index contributed by atoms with van der Waals surface area (Å²) in [6.45, 7) is 5.43. The van der Waals surface area contributed by atoms with Gasteiger partial charge in [0, 0.05) is 11.1 Å². The lowest BCUT2D eigenvalue weighted by atomic mass is 9.90. The zero-order valence-corrected chi connectivity index (χ0v) is 24.4. The summed E-state index contributed by atoms with van der Waals surface area (Å²) in [7, 11) is 1.22. The number of ether oxygens (including phenoxy) is 2. The molecule has 0 saturated carbocycles. The number of esters is 1. The fourth-order valence-corrected chi connectivity index (χ4v) is 4.34. The van der Waals surface area contributed by atoms with Gasteiger partial charge in [-0.1, -0.05) is 33.1 Å². The van der Waals surface area contributed by atoms with Crippen LogP contribution in [0.4, 0.5) is 0 Å². The molecule has 0 unspecified atom stereocenters. The van der Waals surface area contributed by atoms with E-state index in [9.17, 15) is 29.2 Å². The number of hydrogen-bond acceptors (Lipinski definition) is 9. The highest BCUT2D eigenvalue weighted by Crippen LogP contribution is 2.28. The van der Waals surface area contributed by atoms with E-state index in [1.54, 1.807) is 26.0 Å². The van der Waals surface area contributed by atoms with Gasteiger partial charge in [-0.05, 0) is 50.1 Å². The Bertz CT molecular complexity index is 1210. The quantitative estimate of drug-likeness (QED) is 0.0509. The first-order valence-corrected chi connectivity index (χ1v) is 13.9. The molecule has 2 aromatic rings. The average Bonchev–Trinajstić information content (AvgIpc) is 3.49. The minimum absolute atomic E-state index is 0.0360. The van der Waals surface area contributed by atoms with Gasteiger partial charge in [0.1, 0.15) is 18.1 Å². The van der Waals surface area contributed by atoms with Gasteiger partial charge in [0.25, 0.3) is 11.8 Å². The highest BCUT2D eigenvalue weighted by Gasteiger charge is 2.30. The van der Waals surface area contributed by atoms with E-state index in [-0.39, 0.29) is 36.7 Å². The van der Waals surface area contributed by atoms with Crippen molar-refractivity contribution in [2.45, 2.75) is 58.9 Å². The number of carbonyl (C=O) groups excluding carboxylic acids is 5. The van der Waals surface area contributed by atoms with Crippen molar-refractivity contribution in [2.24, 2.45) is 5.92 Å². The number of unbranched alkanes of at least 4 members (excludes halogenated alkanes) is 2. The average molecular weight is 589 g/mol. The van der Waals surface area contributed by atoms with E-state index < -0.39 is 35.7 Å². The van der Waals surface area contributed by atoms with E-state index in [4.69, 9.17) is 9.15 Å². The Morgan fingerprint density at radius 3 is 2.43 bits per heavy atom. The molecule has 0 saturated heterocycles. The minimum Gasteiger partial charge on any atom is -0.494 e. The van der Waals surface area contributed by atoms with Crippen LogP contribution in [0.1, 0.15) is 73.8 Å². The number of benzene rings is 1. The summed E-state index contributed by atoms with van der Waals surface area (Å²) >= 11 is 0. The van der Waals surface area contributed by atoms with Crippen molar-refractivity contribution in [2.75, 3.05) is 26.9 Å². The second kappa shape index (κ2) is 17.4. The van der Waals surface area contributed by atoms with Crippen molar-refractivity contribution < 1.29 is 43.1 Å². The summed E-state index contributed by atoms with van der Waals surface area (Å²) in [5.41, 5.74) is 0.667. The molecule has 1 aromatic heterocycles. The lowest BCUT2D eigenvalue weighted by Crippen LogP contribution is -2.47. The number of nitrogens with one attached hydrogen (secondary N) is 3. The van der Waals surface area contributed by atoms with Gasteiger partial charge in [0.15, 0.2) is 5.76 Å². The molecule has 1 aromatic carbocycles. The summed E-state index contributed by atoms with van der Waals surface area (Å²) in [4.78, 5) is 60.8. The van der Waals surface area contributed by atoms with E-state index in [2.05, 4.69) is 20.7 Å². The zero-order valence-electron chi connectivity index (χ0n) is 24.4. The first-order chi connectivity index (χ1) is 20.2. The number of methoxy groups -OCH3 is 1. The normalized spacial score (nSPS) is 12.0. The van der Waals surface area contributed by atoms with E-state index in [1.807, 2.05) is 6.92 Å².